The third kappa shape index (κ3) is 3.82. The first-order valence-electron chi connectivity index (χ1n) is 12.1. The van der Waals surface area contributed by atoms with Crippen LogP contribution in [-0.4, -0.2) is 55.1 Å². The fourth-order valence-corrected chi connectivity index (χ4v) is 5.93. The van der Waals surface area contributed by atoms with Crippen LogP contribution in [0.4, 0.5) is 4.79 Å². The smallest absolute Gasteiger partial charge is 0.320 e. The van der Waals surface area contributed by atoms with Gasteiger partial charge in [0.1, 0.15) is 5.75 Å². The molecule has 2 aromatic carbocycles. The molecule has 2 fully saturated rings. The fourth-order valence-electron chi connectivity index (χ4n) is 5.93. The summed E-state index contributed by atoms with van der Waals surface area (Å²) in [6.07, 6.45) is 3.32. The number of urea groups is 1. The summed E-state index contributed by atoms with van der Waals surface area (Å²) in [5.41, 5.74) is 2.36. The molecule has 3 amide bonds. The number of ether oxygens (including phenoxy) is 2. The van der Waals surface area contributed by atoms with E-state index < -0.39 is 5.72 Å². The molecular weight excluding hydrogens is 430 g/mol. The van der Waals surface area contributed by atoms with E-state index in [0.717, 1.165) is 43.5 Å². The number of rotatable bonds is 4. The highest BCUT2D eigenvalue weighted by Gasteiger charge is 2.49. The van der Waals surface area contributed by atoms with Crippen molar-refractivity contribution in [2.45, 2.75) is 50.4 Å². The van der Waals surface area contributed by atoms with Crippen LogP contribution in [0.5, 0.6) is 5.75 Å². The maximum atomic E-state index is 13.6. The summed E-state index contributed by atoms with van der Waals surface area (Å²) in [5.74, 6) is 0.791. The molecule has 0 saturated carbocycles. The quantitative estimate of drug-likeness (QED) is 0.700. The number of nitrogens with one attached hydrogen (secondary N) is 1. The second-order valence-corrected chi connectivity index (χ2v) is 9.64. The lowest BCUT2D eigenvalue weighted by Crippen LogP contribution is -2.62. The molecule has 3 aliphatic heterocycles. The van der Waals surface area contributed by atoms with Crippen LogP contribution in [0.3, 0.4) is 0 Å². The van der Waals surface area contributed by atoms with Crippen molar-refractivity contribution in [3.8, 4) is 5.75 Å². The average Bonchev–Trinajstić information content (AvgIpc) is 2.88. The van der Waals surface area contributed by atoms with E-state index in [1.54, 1.807) is 14.2 Å². The molecule has 2 saturated heterocycles. The molecule has 0 aliphatic carbocycles. The van der Waals surface area contributed by atoms with Crippen LogP contribution in [0.15, 0.2) is 48.5 Å². The highest BCUT2D eigenvalue weighted by atomic mass is 16.5. The number of methoxy groups -OCH3 is 2. The van der Waals surface area contributed by atoms with Gasteiger partial charge in [0.25, 0.3) is 0 Å². The molecule has 0 bridgehead atoms. The number of likely N-dealkylation sites (tertiary alicyclic amines) is 1. The van der Waals surface area contributed by atoms with Crippen molar-refractivity contribution < 1.29 is 19.1 Å². The lowest BCUT2D eigenvalue weighted by Gasteiger charge is -2.51. The number of carbonyl (C=O) groups is 2. The van der Waals surface area contributed by atoms with Crippen molar-refractivity contribution in [2.24, 2.45) is 5.92 Å². The normalized spacial score (nSPS) is 25.5. The first-order valence-corrected chi connectivity index (χ1v) is 12.1. The van der Waals surface area contributed by atoms with Gasteiger partial charge in [0.15, 0.2) is 5.72 Å². The molecule has 34 heavy (non-hydrogen) atoms. The van der Waals surface area contributed by atoms with E-state index in [-0.39, 0.29) is 29.9 Å². The Morgan fingerprint density at radius 3 is 2.59 bits per heavy atom. The van der Waals surface area contributed by atoms with Gasteiger partial charge in [-0.05, 0) is 55.9 Å². The zero-order chi connectivity index (χ0) is 23.9. The summed E-state index contributed by atoms with van der Waals surface area (Å²) in [4.78, 5) is 31.1. The highest BCUT2D eigenvalue weighted by molar-refractivity contribution is 5.84. The molecule has 0 spiro atoms. The third-order valence-electron chi connectivity index (χ3n) is 7.91. The number of amides is 3. The van der Waals surface area contributed by atoms with Crippen LogP contribution >= 0.6 is 0 Å². The second-order valence-electron chi connectivity index (χ2n) is 9.64. The van der Waals surface area contributed by atoms with Crippen molar-refractivity contribution in [3.05, 3.63) is 65.2 Å². The van der Waals surface area contributed by atoms with Gasteiger partial charge in [0.2, 0.25) is 5.91 Å². The van der Waals surface area contributed by atoms with Crippen molar-refractivity contribution in [1.29, 1.82) is 0 Å². The van der Waals surface area contributed by atoms with E-state index in [2.05, 4.69) is 28.4 Å². The maximum Gasteiger partial charge on any atom is 0.320 e. The van der Waals surface area contributed by atoms with E-state index in [0.29, 0.717) is 6.54 Å². The van der Waals surface area contributed by atoms with E-state index in [9.17, 15) is 9.59 Å². The summed E-state index contributed by atoms with van der Waals surface area (Å²) in [5, 5.41) is 3.10. The lowest BCUT2D eigenvalue weighted by atomic mass is 9.76. The Bertz CT molecular complexity index is 1070. The first kappa shape index (κ1) is 22.7. The van der Waals surface area contributed by atoms with Gasteiger partial charge >= 0.3 is 6.03 Å². The number of benzene rings is 2. The van der Waals surface area contributed by atoms with Gasteiger partial charge in [-0.15, -0.1) is 0 Å². The summed E-state index contributed by atoms with van der Waals surface area (Å²) in [7, 11) is 3.21. The minimum absolute atomic E-state index is 0.0301. The van der Waals surface area contributed by atoms with Crippen LogP contribution in [0.25, 0.3) is 0 Å². The van der Waals surface area contributed by atoms with E-state index >= 15 is 0 Å². The van der Waals surface area contributed by atoms with Crippen LogP contribution in [0.1, 0.15) is 48.9 Å². The van der Waals surface area contributed by atoms with Crippen molar-refractivity contribution in [1.82, 2.24) is 15.1 Å². The van der Waals surface area contributed by atoms with Crippen molar-refractivity contribution in [3.63, 3.8) is 0 Å². The third-order valence-corrected chi connectivity index (χ3v) is 7.91. The van der Waals surface area contributed by atoms with E-state index in [4.69, 9.17) is 9.47 Å². The number of piperidine rings is 2. The van der Waals surface area contributed by atoms with Gasteiger partial charge < -0.3 is 24.6 Å². The SMILES string of the molecule is COc1ccc([C@](C)(NC(=O)N2CCC[C@@H]3C(=O)N4CCc5ccccc5[C@H]4C[C@@H]32)OC)cc1. The summed E-state index contributed by atoms with van der Waals surface area (Å²) in [6, 6.07) is 15.6. The molecule has 0 radical (unpaired) electrons. The summed E-state index contributed by atoms with van der Waals surface area (Å²) >= 11 is 0. The fraction of sp³-hybridized carbons (Fsp3) is 0.481. The Balaban J connectivity index is 1.39. The minimum Gasteiger partial charge on any atom is -0.497 e. The zero-order valence-corrected chi connectivity index (χ0v) is 20.1. The average molecular weight is 464 g/mol. The molecule has 1 N–H and O–H groups in total. The van der Waals surface area contributed by atoms with Gasteiger partial charge in [0, 0.05) is 31.8 Å². The summed E-state index contributed by atoms with van der Waals surface area (Å²) < 4.78 is 11.0. The molecule has 7 nitrogen and oxygen atoms in total. The predicted molar refractivity (Wildman–Crippen MR) is 128 cm³/mol. The van der Waals surface area contributed by atoms with E-state index in [1.807, 2.05) is 42.2 Å². The molecule has 3 aliphatic rings. The monoisotopic (exact) mass is 463 g/mol. The molecule has 3 heterocycles. The van der Waals surface area contributed by atoms with Gasteiger partial charge in [-0.3, -0.25) is 4.79 Å². The van der Waals surface area contributed by atoms with Crippen LogP contribution < -0.4 is 10.1 Å². The number of hydrogen-bond donors (Lipinski definition) is 1. The second kappa shape index (κ2) is 8.95. The molecule has 0 aromatic heterocycles. The van der Waals surface area contributed by atoms with Gasteiger partial charge in [-0.1, -0.05) is 36.4 Å². The predicted octanol–water partition coefficient (Wildman–Crippen LogP) is 3.83. The minimum atomic E-state index is -1.00. The molecule has 4 atom stereocenters. The lowest BCUT2D eigenvalue weighted by molar-refractivity contribution is -0.148. The standard InChI is InChI=1S/C27H33N3O4/c1-27(34-3,19-10-12-20(33-2)13-11-19)28-26(32)30-15-6-9-22-24(30)17-23-21-8-5-4-7-18(21)14-16-29(23)25(22)31/h4-5,7-8,10-13,22-24H,6,9,14-17H2,1-3H3,(H,28,32)/t22-,23+,24-,27+/m0/s1. The molecule has 5 rings (SSSR count). The van der Waals surface area contributed by atoms with Gasteiger partial charge in [-0.25, -0.2) is 4.79 Å². The van der Waals surface area contributed by atoms with Crippen molar-refractivity contribution in [2.75, 3.05) is 27.3 Å². The Morgan fingerprint density at radius 1 is 1.09 bits per heavy atom. The number of carbonyl (C=O) groups excluding carboxylic acids is 2. The molecule has 180 valence electrons. The highest BCUT2D eigenvalue weighted by Crippen LogP contribution is 2.43. The van der Waals surface area contributed by atoms with Crippen LogP contribution in [0, 0.1) is 5.92 Å². The molecular formula is C27H33N3O4. The Hall–Kier alpha value is -3.06. The van der Waals surface area contributed by atoms with Crippen LogP contribution in [0.2, 0.25) is 0 Å². The Kier molecular flexibility index (Phi) is 5.98. The van der Waals surface area contributed by atoms with Crippen LogP contribution in [-0.2, 0) is 21.7 Å². The zero-order valence-electron chi connectivity index (χ0n) is 20.1. The first-order chi connectivity index (χ1) is 16.4. The number of hydrogen-bond acceptors (Lipinski definition) is 4. The Morgan fingerprint density at radius 2 is 1.85 bits per heavy atom. The topological polar surface area (TPSA) is 71.1 Å². The van der Waals surface area contributed by atoms with Crippen molar-refractivity contribution >= 4 is 11.9 Å². The maximum absolute atomic E-state index is 13.6. The van der Waals surface area contributed by atoms with Gasteiger partial charge in [0.05, 0.1) is 19.1 Å². The van der Waals surface area contributed by atoms with E-state index in [1.165, 1.54) is 11.1 Å². The Labute approximate surface area is 201 Å². The summed E-state index contributed by atoms with van der Waals surface area (Å²) in [6.45, 7) is 3.24. The molecule has 0 unspecified atom stereocenters. The van der Waals surface area contributed by atoms with Gasteiger partial charge in [-0.2, -0.15) is 0 Å². The molecule has 7 heteroatoms. The number of nitrogens with zero attached hydrogens (tertiary/aromatic N) is 2. The number of fused-ring (bicyclic) bond motifs is 4. The molecule has 2 aromatic rings. The largest absolute Gasteiger partial charge is 0.497 e.